The molecule has 0 spiro atoms. The van der Waals surface area contributed by atoms with Gasteiger partial charge in [0.25, 0.3) is 0 Å². The van der Waals surface area contributed by atoms with Crippen LogP contribution in [0, 0.1) is 5.92 Å². The van der Waals surface area contributed by atoms with Crippen molar-refractivity contribution in [2.45, 2.75) is 13.3 Å². The zero-order valence-electron chi connectivity index (χ0n) is 12.4. The molecule has 0 unspecified atom stereocenters. The molecule has 0 radical (unpaired) electrons. The smallest absolute Gasteiger partial charge is 0.320 e. The van der Waals surface area contributed by atoms with Gasteiger partial charge in [0.05, 0.1) is 6.61 Å². The van der Waals surface area contributed by atoms with Crippen LogP contribution in [0.3, 0.4) is 0 Å². The van der Waals surface area contributed by atoms with Gasteiger partial charge in [0.1, 0.15) is 0 Å². The fraction of sp³-hybridized carbons (Fsp3) is 0.222. The van der Waals surface area contributed by atoms with Crippen LogP contribution < -0.4 is 0 Å². The maximum atomic E-state index is 11.7. The summed E-state index contributed by atoms with van der Waals surface area (Å²) in [5, 5.41) is 9.16. The van der Waals surface area contributed by atoms with E-state index in [1.807, 2.05) is 54.6 Å². The Kier molecular flexibility index (Phi) is 5.31. The largest absolute Gasteiger partial charge is 0.481 e. The number of carboxylic acids is 1. The number of rotatable bonds is 6. The van der Waals surface area contributed by atoms with Crippen LogP contribution in [0.2, 0.25) is 0 Å². The van der Waals surface area contributed by atoms with Crippen LogP contribution in [-0.2, 0) is 20.7 Å². The third-order valence-electron chi connectivity index (χ3n) is 3.37. The highest BCUT2D eigenvalue weighted by atomic mass is 16.5. The summed E-state index contributed by atoms with van der Waals surface area (Å²) < 4.78 is 4.81. The Bertz CT molecular complexity index is 632. The Labute approximate surface area is 129 Å². The Morgan fingerprint density at radius 2 is 1.59 bits per heavy atom. The maximum Gasteiger partial charge on any atom is 0.320 e. The second-order valence-corrected chi connectivity index (χ2v) is 4.91. The molecule has 4 heteroatoms. The number of carbonyl (C=O) groups excluding carboxylic acids is 1. The average Bonchev–Trinajstić information content (AvgIpc) is 2.54. The highest BCUT2D eigenvalue weighted by molar-refractivity contribution is 5.94. The molecule has 114 valence electrons. The molecule has 2 rings (SSSR count). The second kappa shape index (κ2) is 7.41. The number of ether oxygens (including phenoxy) is 1. The van der Waals surface area contributed by atoms with E-state index in [4.69, 9.17) is 9.84 Å². The topological polar surface area (TPSA) is 63.6 Å². The molecule has 4 nitrogen and oxygen atoms in total. The third-order valence-corrected chi connectivity index (χ3v) is 3.37. The summed E-state index contributed by atoms with van der Waals surface area (Å²) in [6, 6.07) is 17.4. The van der Waals surface area contributed by atoms with Crippen LogP contribution in [0.4, 0.5) is 0 Å². The SMILES string of the molecule is CCOC(=O)[C@H](Cc1ccc(-c2ccccc2)cc1)C(=O)O. The van der Waals surface area contributed by atoms with Crippen LogP contribution in [0.15, 0.2) is 54.6 Å². The minimum Gasteiger partial charge on any atom is -0.481 e. The Balaban J connectivity index is 2.13. The number of hydrogen-bond donors (Lipinski definition) is 1. The van der Waals surface area contributed by atoms with E-state index in [1.165, 1.54) is 0 Å². The van der Waals surface area contributed by atoms with Crippen LogP contribution in [-0.4, -0.2) is 23.7 Å². The van der Waals surface area contributed by atoms with E-state index in [2.05, 4.69) is 0 Å². The highest BCUT2D eigenvalue weighted by Gasteiger charge is 2.27. The summed E-state index contributed by atoms with van der Waals surface area (Å²) in [6.07, 6.45) is 0.128. The van der Waals surface area contributed by atoms with Crippen molar-refractivity contribution in [2.75, 3.05) is 6.61 Å². The van der Waals surface area contributed by atoms with Crippen LogP contribution in [0.25, 0.3) is 11.1 Å². The van der Waals surface area contributed by atoms with E-state index < -0.39 is 17.9 Å². The molecule has 2 aromatic carbocycles. The molecule has 0 aliphatic carbocycles. The molecule has 0 bridgehead atoms. The van der Waals surface area contributed by atoms with Gasteiger partial charge in [0, 0.05) is 0 Å². The number of aliphatic carboxylic acids is 1. The summed E-state index contributed by atoms with van der Waals surface area (Å²) >= 11 is 0. The zero-order valence-corrected chi connectivity index (χ0v) is 12.4. The monoisotopic (exact) mass is 298 g/mol. The lowest BCUT2D eigenvalue weighted by Crippen LogP contribution is -2.27. The second-order valence-electron chi connectivity index (χ2n) is 4.91. The van der Waals surface area contributed by atoms with Gasteiger partial charge in [-0.2, -0.15) is 0 Å². The molecule has 0 aliphatic rings. The first-order valence-corrected chi connectivity index (χ1v) is 7.15. The number of carboxylic acid groups (broad SMARTS) is 1. The van der Waals surface area contributed by atoms with Gasteiger partial charge in [-0.1, -0.05) is 54.6 Å². The van der Waals surface area contributed by atoms with Gasteiger partial charge in [-0.05, 0) is 30.0 Å². The highest BCUT2D eigenvalue weighted by Crippen LogP contribution is 2.20. The fourth-order valence-electron chi connectivity index (χ4n) is 2.21. The quantitative estimate of drug-likeness (QED) is 0.657. The predicted molar refractivity (Wildman–Crippen MR) is 83.3 cm³/mol. The normalized spacial score (nSPS) is 11.7. The summed E-state index contributed by atoms with van der Waals surface area (Å²) in [5.41, 5.74) is 2.93. The Morgan fingerprint density at radius 3 is 2.14 bits per heavy atom. The van der Waals surface area contributed by atoms with E-state index in [-0.39, 0.29) is 13.0 Å². The molecule has 0 heterocycles. The average molecular weight is 298 g/mol. The van der Waals surface area contributed by atoms with Crippen molar-refractivity contribution in [3.63, 3.8) is 0 Å². The standard InChI is InChI=1S/C18H18O4/c1-2-22-18(21)16(17(19)20)12-13-8-10-15(11-9-13)14-6-4-3-5-7-14/h3-11,16H,2,12H2,1H3,(H,19,20)/t16-/m1/s1. The molecule has 22 heavy (non-hydrogen) atoms. The van der Waals surface area contributed by atoms with Crippen molar-refractivity contribution >= 4 is 11.9 Å². The Morgan fingerprint density at radius 1 is 1.00 bits per heavy atom. The van der Waals surface area contributed by atoms with Gasteiger partial charge in [-0.25, -0.2) is 0 Å². The predicted octanol–water partition coefficient (Wildman–Crippen LogP) is 3.16. The maximum absolute atomic E-state index is 11.7. The van der Waals surface area contributed by atoms with Crippen LogP contribution in [0.1, 0.15) is 12.5 Å². The van der Waals surface area contributed by atoms with E-state index in [9.17, 15) is 9.59 Å². The van der Waals surface area contributed by atoms with Gasteiger partial charge < -0.3 is 9.84 Å². The van der Waals surface area contributed by atoms with Gasteiger partial charge in [-0.15, -0.1) is 0 Å². The molecule has 0 fully saturated rings. The first-order valence-electron chi connectivity index (χ1n) is 7.15. The van der Waals surface area contributed by atoms with E-state index in [0.717, 1.165) is 16.7 Å². The summed E-state index contributed by atoms with van der Waals surface area (Å²) in [7, 11) is 0. The number of benzene rings is 2. The van der Waals surface area contributed by atoms with Crippen molar-refractivity contribution in [2.24, 2.45) is 5.92 Å². The lowest BCUT2D eigenvalue weighted by Gasteiger charge is -2.11. The van der Waals surface area contributed by atoms with Crippen molar-refractivity contribution in [3.05, 3.63) is 60.2 Å². The first-order chi connectivity index (χ1) is 10.6. The molecule has 0 amide bonds. The number of carbonyl (C=O) groups is 2. The number of esters is 1. The van der Waals surface area contributed by atoms with E-state index in [0.29, 0.717) is 0 Å². The van der Waals surface area contributed by atoms with Crippen molar-refractivity contribution in [1.82, 2.24) is 0 Å². The lowest BCUT2D eigenvalue weighted by atomic mass is 9.97. The summed E-state index contributed by atoms with van der Waals surface area (Å²) in [6.45, 7) is 1.83. The number of hydrogen-bond acceptors (Lipinski definition) is 3. The van der Waals surface area contributed by atoms with Crippen molar-refractivity contribution in [1.29, 1.82) is 0 Å². The Hall–Kier alpha value is -2.62. The minimum absolute atomic E-state index is 0.128. The van der Waals surface area contributed by atoms with Crippen molar-refractivity contribution in [3.8, 4) is 11.1 Å². The molecule has 0 aliphatic heterocycles. The van der Waals surface area contributed by atoms with Crippen LogP contribution >= 0.6 is 0 Å². The molecule has 1 N–H and O–H groups in total. The summed E-state index contributed by atoms with van der Waals surface area (Å²) in [4.78, 5) is 22.9. The molecule has 2 aromatic rings. The van der Waals surface area contributed by atoms with Gasteiger partial charge in [-0.3, -0.25) is 9.59 Å². The van der Waals surface area contributed by atoms with E-state index >= 15 is 0 Å². The van der Waals surface area contributed by atoms with E-state index in [1.54, 1.807) is 6.92 Å². The third kappa shape index (κ3) is 3.95. The molecule has 1 atom stereocenters. The molecular formula is C18H18O4. The van der Waals surface area contributed by atoms with Crippen molar-refractivity contribution < 1.29 is 19.4 Å². The zero-order chi connectivity index (χ0) is 15.9. The van der Waals surface area contributed by atoms with Crippen LogP contribution in [0.5, 0.6) is 0 Å². The first kappa shape index (κ1) is 15.8. The molecule has 0 saturated heterocycles. The van der Waals surface area contributed by atoms with Gasteiger partial charge in [0.2, 0.25) is 0 Å². The lowest BCUT2D eigenvalue weighted by molar-refractivity contribution is -0.158. The molecule has 0 aromatic heterocycles. The van der Waals surface area contributed by atoms with Gasteiger partial charge in [0.15, 0.2) is 5.92 Å². The fourth-order valence-corrected chi connectivity index (χ4v) is 2.21. The minimum atomic E-state index is -1.16. The molecule has 0 saturated carbocycles. The molecular weight excluding hydrogens is 280 g/mol. The summed E-state index contributed by atoms with van der Waals surface area (Å²) in [5.74, 6) is -3.02. The van der Waals surface area contributed by atoms with Gasteiger partial charge >= 0.3 is 11.9 Å².